The Labute approximate surface area is 118 Å². The van der Waals surface area contributed by atoms with Gasteiger partial charge in [-0.05, 0) is 18.4 Å². The Balaban J connectivity index is 1.71. The Morgan fingerprint density at radius 1 is 1.40 bits per heavy atom. The predicted molar refractivity (Wildman–Crippen MR) is 74.9 cm³/mol. The number of hydrogen-bond acceptors (Lipinski definition) is 4. The first-order valence-corrected chi connectivity index (χ1v) is 6.99. The van der Waals surface area contributed by atoms with Crippen LogP contribution in [0.1, 0.15) is 17.8 Å². The van der Waals surface area contributed by atoms with E-state index in [2.05, 4.69) is 15.0 Å². The van der Waals surface area contributed by atoms with Gasteiger partial charge in [0.1, 0.15) is 5.82 Å². The molecule has 6 nitrogen and oxygen atoms in total. The van der Waals surface area contributed by atoms with E-state index in [9.17, 15) is 5.11 Å². The third-order valence-corrected chi connectivity index (χ3v) is 4.09. The molecule has 20 heavy (non-hydrogen) atoms. The zero-order chi connectivity index (χ0) is 14.1. The highest BCUT2D eigenvalue weighted by Gasteiger charge is 2.33. The van der Waals surface area contributed by atoms with Crippen molar-refractivity contribution in [3.8, 4) is 0 Å². The van der Waals surface area contributed by atoms with Crippen LogP contribution >= 0.6 is 0 Å². The number of nitrogens with zero attached hydrogens (tertiary/aromatic N) is 5. The van der Waals surface area contributed by atoms with E-state index >= 15 is 0 Å². The number of likely N-dealkylation sites (tertiary alicyclic amines) is 1. The molecule has 1 aliphatic rings. The van der Waals surface area contributed by atoms with Crippen LogP contribution in [0.25, 0.3) is 0 Å². The van der Waals surface area contributed by atoms with Gasteiger partial charge in [-0.2, -0.15) is 5.10 Å². The largest absolute Gasteiger partial charge is 0.391 e. The molecule has 0 bridgehead atoms. The van der Waals surface area contributed by atoms with Crippen molar-refractivity contribution in [3.63, 3.8) is 0 Å². The minimum absolute atomic E-state index is 0.149. The van der Waals surface area contributed by atoms with E-state index in [0.717, 1.165) is 31.8 Å². The summed E-state index contributed by atoms with van der Waals surface area (Å²) in [5.41, 5.74) is 1.17. The molecule has 2 aromatic rings. The Kier molecular flexibility index (Phi) is 3.58. The van der Waals surface area contributed by atoms with Crippen molar-refractivity contribution in [3.05, 3.63) is 36.2 Å². The van der Waals surface area contributed by atoms with Crippen LogP contribution < -0.4 is 0 Å². The number of rotatable bonds is 4. The van der Waals surface area contributed by atoms with Gasteiger partial charge in [-0.1, -0.05) is 0 Å². The third kappa shape index (κ3) is 2.62. The quantitative estimate of drug-likeness (QED) is 0.873. The van der Waals surface area contributed by atoms with Gasteiger partial charge in [-0.25, -0.2) is 4.98 Å². The summed E-state index contributed by atoms with van der Waals surface area (Å²) in [6.07, 6.45) is 9.06. The number of hydrogen-bond donors (Lipinski definition) is 1. The van der Waals surface area contributed by atoms with Gasteiger partial charge in [0.2, 0.25) is 0 Å². The van der Waals surface area contributed by atoms with Crippen LogP contribution in [0.4, 0.5) is 0 Å². The van der Waals surface area contributed by atoms with Crippen LogP contribution in [-0.4, -0.2) is 48.0 Å². The summed E-state index contributed by atoms with van der Waals surface area (Å²) in [5.74, 6) is 1.04. The lowest BCUT2D eigenvalue weighted by molar-refractivity contribution is 0.110. The average molecular weight is 275 g/mol. The van der Waals surface area contributed by atoms with Gasteiger partial charge < -0.3 is 9.67 Å². The second-order valence-corrected chi connectivity index (χ2v) is 5.57. The van der Waals surface area contributed by atoms with Crippen LogP contribution in [-0.2, 0) is 27.1 Å². The van der Waals surface area contributed by atoms with E-state index in [1.54, 1.807) is 4.68 Å². The maximum atomic E-state index is 10.2. The molecule has 0 unspecified atom stereocenters. The van der Waals surface area contributed by atoms with Crippen molar-refractivity contribution in [1.82, 2.24) is 24.2 Å². The number of aryl methyl sites for hydroxylation is 2. The molecule has 6 heteroatoms. The van der Waals surface area contributed by atoms with Crippen LogP contribution in [0, 0.1) is 0 Å². The van der Waals surface area contributed by atoms with Gasteiger partial charge in [0.05, 0.1) is 18.8 Å². The molecule has 2 atom stereocenters. The lowest BCUT2D eigenvalue weighted by Gasteiger charge is -2.25. The van der Waals surface area contributed by atoms with E-state index < -0.39 is 0 Å². The van der Waals surface area contributed by atoms with Gasteiger partial charge in [-0.3, -0.25) is 9.58 Å². The van der Waals surface area contributed by atoms with Crippen molar-refractivity contribution in [2.45, 2.75) is 31.5 Å². The highest BCUT2D eigenvalue weighted by molar-refractivity contribution is 5.09. The van der Waals surface area contributed by atoms with Gasteiger partial charge >= 0.3 is 0 Å². The fourth-order valence-electron chi connectivity index (χ4n) is 2.91. The summed E-state index contributed by atoms with van der Waals surface area (Å²) in [5, 5.41) is 14.4. The molecular weight excluding hydrogens is 254 g/mol. The van der Waals surface area contributed by atoms with E-state index in [1.165, 1.54) is 5.56 Å². The first-order chi connectivity index (χ1) is 9.63. The van der Waals surface area contributed by atoms with Crippen molar-refractivity contribution in [2.24, 2.45) is 14.1 Å². The summed E-state index contributed by atoms with van der Waals surface area (Å²) >= 11 is 0. The summed E-state index contributed by atoms with van der Waals surface area (Å²) in [6, 6.07) is 0.149. The molecule has 0 aliphatic carbocycles. The molecule has 1 aliphatic heterocycles. The molecule has 2 aromatic heterocycles. The third-order valence-electron chi connectivity index (χ3n) is 4.09. The monoisotopic (exact) mass is 275 g/mol. The zero-order valence-electron chi connectivity index (χ0n) is 12.0. The van der Waals surface area contributed by atoms with E-state index in [-0.39, 0.29) is 12.1 Å². The summed E-state index contributed by atoms with van der Waals surface area (Å²) in [7, 11) is 3.92. The Morgan fingerprint density at radius 3 is 2.90 bits per heavy atom. The van der Waals surface area contributed by atoms with Crippen molar-refractivity contribution in [1.29, 1.82) is 0 Å². The Morgan fingerprint density at radius 2 is 2.25 bits per heavy atom. The summed E-state index contributed by atoms with van der Waals surface area (Å²) in [4.78, 5) is 6.69. The minimum atomic E-state index is -0.268. The van der Waals surface area contributed by atoms with Gasteiger partial charge in [0.25, 0.3) is 0 Å². The molecule has 3 heterocycles. The summed E-state index contributed by atoms with van der Waals surface area (Å²) < 4.78 is 3.84. The standard InChI is InChI=1S/C14H21N5O/c1-17-6-4-15-14(17)10-19-5-3-13(20)12(19)7-11-8-16-18(2)9-11/h4,6,8-9,12-13,20H,3,5,7,10H2,1-2H3/t12-,13-/m0/s1. The van der Waals surface area contributed by atoms with Crippen molar-refractivity contribution in [2.75, 3.05) is 6.54 Å². The Hall–Kier alpha value is -1.66. The molecule has 0 amide bonds. The summed E-state index contributed by atoms with van der Waals surface area (Å²) in [6.45, 7) is 1.70. The molecule has 0 spiro atoms. The second kappa shape index (κ2) is 5.38. The second-order valence-electron chi connectivity index (χ2n) is 5.57. The molecule has 0 saturated carbocycles. The molecule has 3 rings (SSSR count). The van der Waals surface area contributed by atoms with E-state index in [0.29, 0.717) is 0 Å². The van der Waals surface area contributed by atoms with Crippen molar-refractivity contribution >= 4 is 0 Å². The smallest absolute Gasteiger partial charge is 0.122 e. The number of aliphatic hydroxyl groups is 1. The molecule has 1 saturated heterocycles. The number of imidazole rings is 1. The highest BCUT2D eigenvalue weighted by atomic mass is 16.3. The molecule has 1 fully saturated rings. The average Bonchev–Trinajstić information content (AvgIpc) is 3.08. The lowest BCUT2D eigenvalue weighted by atomic mass is 10.0. The molecule has 108 valence electrons. The number of aliphatic hydroxyl groups excluding tert-OH is 1. The normalized spacial score (nSPS) is 23.6. The van der Waals surface area contributed by atoms with Gasteiger partial charge in [0.15, 0.2) is 0 Å². The predicted octanol–water partition coefficient (Wildman–Crippen LogP) is 0.331. The maximum Gasteiger partial charge on any atom is 0.122 e. The van der Waals surface area contributed by atoms with E-state index in [1.807, 2.05) is 43.4 Å². The van der Waals surface area contributed by atoms with Gasteiger partial charge in [-0.15, -0.1) is 0 Å². The highest BCUT2D eigenvalue weighted by Crippen LogP contribution is 2.23. The lowest BCUT2D eigenvalue weighted by Crippen LogP contribution is -2.37. The van der Waals surface area contributed by atoms with Crippen LogP contribution in [0.5, 0.6) is 0 Å². The molecule has 0 aromatic carbocycles. The van der Waals surface area contributed by atoms with Crippen LogP contribution in [0.3, 0.4) is 0 Å². The molecule has 1 N–H and O–H groups in total. The first-order valence-electron chi connectivity index (χ1n) is 6.99. The van der Waals surface area contributed by atoms with Crippen molar-refractivity contribution < 1.29 is 5.11 Å². The van der Waals surface area contributed by atoms with E-state index in [4.69, 9.17) is 0 Å². The number of aromatic nitrogens is 4. The molecular formula is C14H21N5O. The topological polar surface area (TPSA) is 59.1 Å². The fourth-order valence-corrected chi connectivity index (χ4v) is 2.91. The SMILES string of the molecule is Cn1cc(C[C@H]2[C@@H](O)CCN2Cc2nccn2C)cn1. The zero-order valence-corrected chi connectivity index (χ0v) is 12.0. The minimum Gasteiger partial charge on any atom is -0.391 e. The first kappa shape index (κ1) is 13.3. The fraction of sp³-hybridized carbons (Fsp3) is 0.571. The van der Waals surface area contributed by atoms with Crippen LogP contribution in [0.15, 0.2) is 24.8 Å². The Bertz CT molecular complexity index is 576. The van der Waals surface area contributed by atoms with Crippen LogP contribution in [0.2, 0.25) is 0 Å². The molecule has 0 radical (unpaired) electrons. The maximum absolute atomic E-state index is 10.2. The van der Waals surface area contributed by atoms with Gasteiger partial charge in [0, 0.05) is 45.3 Å².